The molecular weight excluding hydrogens is 258 g/mol. The number of likely N-dealkylation sites (N-methyl/N-ethyl adjacent to an activating group) is 1. The number of carbonyl (C=O) groups excluding carboxylic acids is 2. The van der Waals surface area contributed by atoms with Crippen LogP contribution in [0.4, 0.5) is 0 Å². The Morgan fingerprint density at radius 1 is 1.50 bits per heavy atom. The lowest BCUT2D eigenvalue weighted by Crippen LogP contribution is -2.51. The van der Waals surface area contributed by atoms with E-state index >= 15 is 0 Å². The van der Waals surface area contributed by atoms with Crippen LogP contribution in [0.3, 0.4) is 0 Å². The zero-order chi connectivity index (χ0) is 15.2. The van der Waals surface area contributed by atoms with E-state index in [0.29, 0.717) is 18.8 Å². The Labute approximate surface area is 120 Å². The van der Waals surface area contributed by atoms with E-state index in [9.17, 15) is 9.59 Å². The van der Waals surface area contributed by atoms with Gasteiger partial charge in [-0.25, -0.2) is 0 Å². The van der Waals surface area contributed by atoms with Crippen molar-refractivity contribution in [1.29, 1.82) is 0 Å². The molecule has 0 heterocycles. The molecule has 0 bridgehead atoms. The average Bonchev–Trinajstić information content (AvgIpc) is 2.85. The lowest BCUT2D eigenvalue weighted by atomic mass is 9.92. The number of methoxy groups -OCH3 is 1. The Morgan fingerprint density at radius 2 is 2.20 bits per heavy atom. The monoisotopic (exact) mass is 285 g/mol. The van der Waals surface area contributed by atoms with E-state index in [1.54, 1.807) is 7.05 Å². The van der Waals surface area contributed by atoms with Crippen molar-refractivity contribution in [1.82, 2.24) is 10.6 Å². The number of nitrogens with one attached hydrogen (secondary N) is 2. The van der Waals surface area contributed by atoms with Crippen molar-refractivity contribution in [2.45, 2.75) is 50.6 Å². The predicted molar refractivity (Wildman–Crippen MR) is 77.0 cm³/mol. The molecule has 0 aromatic heterocycles. The number of amides is 1. The average molecular weight is 285 g/mol. The van der Waals surface area contributed by atoms with Crippen molar-refractivity contribution in [3.63, 3.8) is 0 Å². The number of hydrogen-bond acceptors (Lipinski definition) is 5. The molecule has 0 spiro atoms. The zero-order valence-electron chi connectivity index (χ0n) is 12.7. The van der Waals surface area contributed by atoms with Gasteiger partial charge in [0.2, 0.25) is 5.91 Å². The first kappa shape index (κ1) is 16.9. The van der Waals surface area contributed by atoms with Gasteiger partial charge in [0.1, 0.15) is 5.54 Å². The van der Waals surface area contributed by atoms with E-state index in [2.05, 4.69) is 17.6 Å². The minimum atomic E-state index is -0.592. The van der Waals surface area contributed by atoms with E-state index in [1.165, 1.54) is 7.11 Å². The molecule has 0 radical (unpaired) electrons. The Hall–Kier alpha value is -1.14. The van der Waals surface area contributed by atoms with Gasteiger partial charge in [0.05, 0.1) is 13.2 Å². The summed E-state index contributed by atoms with van der Waals surface area (Å²) in [7, 11) is 3.15. The molecule has 6 nitrogen and oxygen atoms in total. The van der Waals surface area contributed by atoms with E-state index in [1.807, 2.05) is 0 Å². The van der Waals surface area contributed by atoms with Crippen LogP contribution in [0.15, 0.2) is 0 Å². The van der Waals surface area contributed by atoms with Crippen LogP contribution >= 0.6 is 0 Å². The third-order valence-corrected chi connectivity index (χ3v) is 4.17. The Kier molecular flexibility index (Phi) is 6.42. The van der Waals surface area contributed by atoms with E-state index in [0.717, 1.165) is 25.8 Å². The van der Waals surface area contributed by atoms with E-state index in [4.69, 9.17) is 10.5 Å². The highest BCUT2D eigenvalue weighted by atomic mass is 16.5. The molecule has 20 heavy (non-hydrogen) atoms. The predicted octanol–water partition coefficient (Wildman–Crippen LogP) is 0.161. The van der Waals surface area contributed by atoms with E-state index < -0.39 is 5.54 Å². The molecule has 1 rings (SSSR count). The first-order chi connectivity index (χ1) is 9.49. The smallest absolute Gasteiger partial charge is 0.326 e. The van der Waals surface area contributed by atoms with Crippen LogP contribution in [-0.2, 0) is 14.3 Å². The fourth-order valence-corrected chi connectivity index (χ4v) is 3.04. The molecule has 1 aliphatic carbocycles. The van der Waals surface area contributed by atoms with Gasteiger partial charge in [-0.3, -0.25) is 9.59 Å². The van der Waals surface area contributed by atoms with Gasteiger partial charge in [-0.2, -0.15) is 0 Å². The molecule has 1 fully saturated rings. The molecule has 6 heteroatoms. The molecular formula is C14H27N3O3. The molecule has 116 valence electrons. The SMILES string of the molecule is CCCNC1(C(=O)OC)CCC(CC(NC)C(N)=O)C1. The Bertz CT molecular complexity index is 349. The fraction of sp³-hybridized carbons (Fsp3) is 0.857. The number of ether oxygens (including phenoxy) is 1. The van der Waals surface area contributed by atoms with Gasteiger partial charge >= 0.3 is 5.97 Å². The maximum atomic E-state index is 12.1. The first-order valence-electron chi connectivity index (χ1n) is 7.29. The van der Waals surface area contributed by atoms with Gasteiger partial charge in [0.25, 0.3) is 0 Å². The number of hydrogen-bond donors (Lipinski definition) is 3. The largest absolute Gasteiger partial charge is 0.468 e. The number of rotatable bonds is 8. The molecule has 0 aromatic carbocycles. The van der Waals surface area contributed by atoms with Gasteiger partial charge < -0.3 is 21.1 Å². The van der Waals surface area contributed by atoms with Crippen molar-refractivity contribution in [2.75, 3.05) is 20.7 Å². The van der Waals surface area contributed by atoms with E-state index in [-0.39, 0.29) is 17.9 Å². The second-order valence-corrected chi connectivity index (χ2v) is 5.59. The van der Waals surface area contributed by atoms with Crippen molar-refractivity contribution in [3.8, 4) is 0 Å². The maximum absolute atomic E-state index is 12.1. The molecule has 0 aromatic rings. The Morgan fingerprint density at radius 3 is 2.70 bits per heavy atom. The minimum absolute atomic E-state index is 0.200. The maximum Gasteiger partial charge on any atom is 0.326 e. The van der Waals surface area contributed by atoms with Crippen molar-refractivity contribution in [3.05, 3.63) is 0 Å². The third-order valence-electron chi connectivity index (χ3n) is 4.17. The molecule has 1 saturated carbocycles. The summed E-state index contributed by atoms with van der Waals surface area (Å²) in [6.07, 6.45) is 3.98. The third kappa shape index (κ3) is 3.93. The number of carbonyl (C=O) groups is 2. The summed E-state index contributed by atoms with van der Waals surface area (Å²) in [5.41, 5.74) is 4.76. The highest BCUT2D eigenvalue weighted by Gasteiger charge is 2.46. The van der Waals surface area contributed by atoms with Gasteiger partial charge in [-0.05, 0) is 51.6 Å². The van der Waals surface area contributed by atoms with Gasteiger partial charge in [-0.1, -0.05) is 6.92 Å². The lowest BCUT2D eigenvalue weighted by molar-refractivity contribution is -0.148. The van der Waals surface area contributed by atoms with Crippen LogP contribution < -0.4 is 16.4 Å². The molecule has 1 aliphatic rings. The van der Waals surface area contributed by atoms with Crippen molar-refractivity contribution in [2.24, 2.45) is 11.7 Å². The first-order valence-corrected chi connectivity index (χ1v) is 7.29. The molecule has 0 aliphatic heterocycles. The van der Waals surface area contributed by atoms with Crippen molar-refractivity contribution < 1.29 is 14.3 Å². The number of nitrogens with two attached hydrogens (primary N) is 1. The van der Waals surface area contributed by atoms with Crippen LogP contribution in [0, 0.1) is 5.92 Å². The number of esters is 1. The normalized spacial score (nSPS) is 27.2. The summed E-state index contributed by atoms with van der Waals surface area (Å²) in [6.45, 7) is 2.85. The standard InChI is InChI=1S/C14H27N3O3/c1-4-7-17-14(13(19)20-3)6-5-10(9-14)8-11(16-2)12(15)18/h10-11,16-17H,4-9H2,1-3H3,(H2,15,18). The van der Waals surface area contributed by atoms with Crippen LogP contribution in [0.5, 0.6) is 0 Å². The molecule has 0 saturated heterocycles. The second kappa shape index (κ2) is 7.59. The summed E-state index contributed by atoms with van der Waals surface area (Å²) in [5.74, 6) is -0.249. The minimum Gasteiger partial charge on any atom is -0.468 e. The molecule has 3 atom stereocenters. The number of primary amides is 1. The highest BCUT2D eigenvalue weighted by molar-refractivity contribution is 5.81. The quantitative estimate of drug-likeness (QED) is 0.552. The summed E-state index contributed by atoms with van der Waals surface area (Å²) in [5, 5.41) is 6.27. The Balaban J connectivity index is 2.68. The molecule has 1 amide bonds. The zero-order valence-corrected chi connectivity index (χ0v) is 12.7. The fourth-order valence-electron chi connectivity index (χ4n) is 3.04. The van der Waals surface area contributed by atoms with Crippen LogP contribution in [0.25, 0.3) is 0 Å². The van der Waals surface area contributed by atoms with Gasteiger partial charge in [0.15, 0.2) is 0 Å². The summed E-state index contributed by atoms with van der Waals surface area (Å²) in [4.78, 5) is 23.4. The highest BCUT2D eigenvalue weighted by Crippen LogP contribution is 2.38. The van der Waals surface area contributed by atoms with Crippen LogP contribution in [-0.4, -0.2) is 44.2 Å². The summed E-state index contributed by atoms with van der Waals surface area (Å²) < 4.78 is 4.95. The molecule has 3 unspecified atom stereocenters. The van der Waals surface area contributed by atoms with Gasteiger partial charge in [-0.15, -0.1) is 0 Å². The van der Waals surface area contributed by atoms with Crippen LogP contribution in [0.2, 0.25) is 0 Å². The lowest BCUT2D eigenvalue weighted by Gasteiger charge is -2.28. The second-order valence-electron chi connectivity index (χ2n) is 5.59. The van der Waals surface area contributed by atoms with Crippen LogP contribution in [0.1, 0.15) is 39.0 Å². The molecule has 4 N–H and O–H groups in total. The van der Waals surface area contributed by atoms with Crippen molar-refractivity contribution >= 4 is 11.9 Å². The summed E-state index contributed by atoms with van der Waals surface area (Å²) in [6, 6.07) is -0.334. The topological polar surface area (TPSA) is 93.4 Å². The van der Waals surface area contributed by atoms with Gasteiger partial charge in [0, 0.05) is 0 Å². The summed E-state index contributed by atoms with van der Waals surface area (Å²) >= 11 is 0.